The van der Waals surface area contributed by atoms with Crippen molar-refractivity contribution in [2.45, 2.75) is 51.0 Å². The third-order valence-electron chi connectivity index (χ3n) is 5.93. The molecule has 1 aromatic carbocycles. The summed E-state index contributed by atoms with van der Waals surface area (Å²) >= 11 is 0. The molecule has 0 spiro atoms. The predicted molar refractivity (Wildman–Crippen MR) is 79.5 cm³/mol. The molecule has 0 atom stereocenters. The lowest BCUT2D eigenvalue weighted by Crippen LogP contribution is -2.59. The summed E-state index contributed by atoms with van der Waals surface area (Å²) in [4.78, 5) is 12.6. The highest BCUT2D eigenvalue weighted by Gasteiger charge is 2.51. The summed E-state index contributed by atoms with van der Waals surface area (Å²) in [6, 6.07) is 2.13. The van der Waals surface area contributed by atoms with Gasteiger partial charge in [0.2, 0.25) is 0 Å². The second-order valence-corrected chi connectivity index (χ2v) is 7.73. The van der Waals surface area contributed by atoms with Crippen LogP contribution >= 0.6 is 0 Å². The number of hydrogen-bond acceptors (Lipinski definition) is 1. The molecule has 22 heavy (non-hydrogen) atoms. The van der Waals surface area contributed by atoms with Crippen molar-refractivity contribution in [1.82, 2.24) is 5.32 Å². The zero-order chi connectivity index (χ0) is 15.5. The maximum absolute atomic E-state index is 13.5. The van der Waals surface area contributed by atoms with E-state index >= 15 is 0 Å². The van der Waals surface area contributed by atoms with Crippen LogP contribution in [0.1, 0.15) is 54.4 Å². The summed E-state index contributed by atoms with van der Waals surface area (Å²) in [6.45, 7) is 1.65. The molecule has 1 aromatic rings. The van der Waals surface area contributed by atoms with Crippen LogP contribution in [0.3, 0.4) is 0 Å². The molecule has 4 aliphatic rings. The van der Waals surface area contributed by atoms with Crippen molar-refractivity contribution in [3.05, 3.63) is 34.9 Å². The molecular weight excluding hydrogens is 284 g/mol. The van der Waals surface area contributed by atoms with E-state index in [2.05, 4.69) is 5.32 Å². The van der Waals surface area contributed by atoms with Crippen molar-refractivity contribution < 1.29 is 13.6 Å². The molecular formula is C18H21F2NO. The van der Waals surface area contributed by atoms with Crippen LogP contribution in [-0.4, -0.2) is 11.4 Å². The third-order valence-corrected chi connectivity index (χ3v) is 5.93. The molecule has 0 aromatic heterocycles. The molecule has 4 aliphatic carbocycles. The highest BCUT2D eigenvalue weighted by atomic mass is 19.2. The lowest BCUT2D eigenvalue weighted by molar-refractivity contribution is -0.0167. The molecule has 2 nitrogen and oxygen atoms in total. The Bertz CT molecular complexity index is 605. The summed E-state index contributed by atoms with van der Waals surface area (Å²) in [6.07, 6.45) is 7.06. The summed E-state index contributed by atoms with van der Waals surface area (Å²) < 4.78 is 26.7. The monoisotopic (exact) mass is 305 g/mol. The van der Waals surface area contributed by atoms with Crippen LogP contribution in [-0.2, 0) is 0 Å². The van der Waals surface area contributed by atoms with Crippen LogP contribution in [0.25, 0.3) is 0 Å². The number of carbonyl (C=O) groups excluding carboxylic acids is 1. The van der Waals surface area contributed by atoms with Crippen LogP contribution in [0.5, 0.6) is 0 Å². The average Bonchev–Trinajstić information content (AvgIpc) is 2.40. The standard InChI is InChI=1S/C18H21F2NO/c1-10-2-15(19)16(20)6-14(10)17(22)21-18-7-11-3-12(8-18)5-13(4-11)9-18/h2,6,11-13H,3-5,7-9H2,1H3,(H,21,22). The van der Waals surface area contributed by atoms with Gasteiger partial charge in [-0.25, -0.2) is 8.78 Å². The summed E-state index contributed by atoms with van der Waals surface area (Å²) in [5.41, 5.74) is 0.638. The molecule has 0 radical (unpaired) electrons. The number of benzene rings is 1. The Balaban J connectivity index is 1.59. The minimum atomic E-state index is -0.957. The van der Waals surface area contributed by atoms with Crippen molar-refractivity contribution in [3.63, 3.8) is 0 Å². The van der Waals surface area contributed by atoms with Crippen LogP contribution in [0.15, 0.2) is 12.1 Å². The first kappa shape index (κ1) is 14.2. The zero-order valence-electron chi connectivity index (χ0n) is 12.8. The summed E-state index contributed by atoms with van der Waals surface area (Å²) in [5.74, 6) is 0.0938. The average molecular weight is 305 g/mol. The van der Waals surface area contributed by atoms with Crippen LogP contribution < -0.4 is 5.32 Å². The van der Waals surface area contributed by atoms with Gasteiger partial charge in [0.15, 0.2) is 11.6 Å². The van der Waals surface area contributed by atoms with Gasteiger partial charge >= 0.3 is 0 Å². The molecule has 4 heteroatoms. The molecule has 118 valence electrons. The number of amides is 1. The smallest absolute Gasteiger partial charge is 0.252 e. The quantitative estimate of drug-likeness (QED) is 0.880. The number of aryl methyl sites for hydroxylation is 1. The largest absolute Gasteiger partial charge is 0.347 e. The first-order chi connectivity index (χ1) is 10.4. The minimum absolute atomic E-state index is 0.108. The van der Waals surface area contributed by atoms with Gasteiger partial charge in [-0.1, -0.05) is 0 Å². The van der Waals surface area contributed by atoms with E-state index in [1.54, 1.807) is 6.92 Å². The molecule has 1 amide bonds. The first-order valence-corrected chi connectivity index (χ1v) is 8.22. The number of halogens is 2. The Morgan fingerprint density at radius 2 is 1.55 bits per heavy atom. The molecule has 5 rings (SSSR count). The topological polar surface area (TPSA) is 29.1 Å². The molecule has 4 bridgehead atoms. The third kappa shape index (κ3) is 2.24. The molecule has 4 saturated carbocycles. The first-order valence-electron chi connectivity index (χ1n) is 8.22. The fourth-order valence-electron chi connectivity index (χ4n) is 5.46. The van der Waals surface area contributed by atoms with Crippen LogP contribution in [0.4, 0.5) is 8.78 Å². The van der Waals surface area contributed by atoms with E-state index in [1.165, 1.54) is 19.3 Å². The van der Waals surface area contributed by atoms with Crippen LogP contribution in [0, 0.1) is 36.3 Å². The second kappa shape index (κ2) is 4.77. The number of rotatable bonds is 2. The van der Waals surface area contributed by atoms with Gasteiger partial charge in [0.25, 0.3) is 5.91 Å². The molecule has 0 unspecified atom stereocenters. The zero-order valence-corrected chi connectivity index (χ0v) is 12.8. The lowest BCUT2D eigenvalue weighted by Gasteiger charge is -2.56. The van der Waals surface area contributed by atoms with Crippen LogP contribution in [0.2, 0.25) is 0 Å². The highest BCUT2D eigenvalue weighted by molar-refractivity contribution is 5.96. The van der Waals surface area contributed by atoms with Gasteiger partial charge in [-0.2, -0.15) is 0 Å². The summed E-state index contributed by atoms with van der Waals surface area (Å²) in [5, 5.41) is 3.20. The maximum atomic E-state index is 13.5. The van der Waals surface area contributed by atoms with Gasteiger partial charge in [-0.3, -0.25) is 4.79 Å². The molecule has 0 saturated heterocycles. The second-order valence-electron chi connectivity index (χ2n) is 7.73. The van der Waals surface area contributed by atoms with Gasteiger partial charge in [-0.05, 0) is 80.9 Å². The Kier molecular flexibility index (Phi) is 3.07. The van der Waals surface area contributed by atoms with Crippen molar-refractivity contribution in [2.75, 3.05) is 0 Å². The maximum Gasteiger partial charge on any atom is 0.252 e. The molecule has 0 aliphatic heterocycles. The van der Waals surface area contributed by atoms with Gasteiger partial charge in [-0.15, -0.1) is 0 Å². The van der Waals surface area contributed by atoms with E-state index in [0.717, 1.165) is 49.1 Å². The van der Waals surface area contributed by atoms with E-state index in [1.807, 2.05) is 0 Å². The van der Waals surface area contributed by atoms with Gasteiger partial charge in [0.05, 0.1) is 0 Å². The van der Waals surface area contributed by atoms with Crippen molar-refractivity contribution in [1.29, 1.82) is 0 Å². The van der Waals surface area contributed by atoms with Gasteiger partial charge < -0.3 is 5.32 Å². The molecule has 1 N–H and O–H groups in total. The van der Waals surface area contributed by atoms with Crippen molar-refractivity contribution in [3.8, 4) is 0 Å². The van der Waals surface area contributed by atoms with E-state index < -0.39 is 11.6 Å². The van der Waals surface area contributed by atoms with Gasteiger partial charge in [0, 0.05) is 11.1 Å². The SMILES string of the molecule is Cc1cc(F)c(F)cc1C(=O)NC12CC3CC(CC(C3)C1)C2. The summed E-state index contributed by atoms with van der Waals surface area (Å²) in [7, 11) is 0. The molecule has 4 fully saturated rings. The highest BCUT2D eigenvalue weighted by Crippen LogP contribution is 2.55. The fourth-order valence-corrected chi connectivity index (χ4v) is 5.46. The van der Waals surface area contributed by atoms with E-state index in [9.17, 15) is 13.6 Å². The lowest BCUT2D eigenvalue weighted by atomic mass is 9.53. The number of nitrogens with one attached hydrogen (secondary N) is 1. The van der Waals surface area contributed by atoms with Crippen molar-refractivity contribution in [2.24, 2.45) is 17.8 Å². The minimum Gasteiger partial charge on any atom is -0.347 e. The molecule has 0 heterocycles. The fraction of sp³-hybridized carbons (Fsp3) is 0.611. The Labute approximate surface area is 129 Å². The van der Waals surface area contributed by atoms with E-state index in [4.69, 9.17) is 0 Å². The Hall–Kier alpha value is -1.45. The predicted octanol–water partition coefficient (Wildman–Crippen LogP) is 3.97. The number of carbonyl (C=O) groups is 1. The van der Waals surface area contributed by atoms with Gasteiger partial charge in [0.1, 0.15) is 0 Å². The van der Waals surface area contributed by atoms with E-state index in [-0.39, 0.29) is 17.0 Å². The Morgan fingerprint density at radius 1 is 1.05 bits per heavy atom. The number of hydrogen-bond donors (Lipinski definition) is 1. The van der Waals surface area contributed by atoms with Crippen molar-refractivity contribution >= 4 is 5.91 Å². The normalized spacial score (nSPS) is 35.7. The Morgan fingerprint density at radius 3 is 2.09 bits per heavy atom. The van der Waals surface area contributed by atoms with E-state index in [0.29, 0.717) is 5.56 Å².